The van der Waals surface area contributed by atoms with E-state index in [2.05, 4.69) is 45.0 Å². The van der Waals surface area contributed by atoms with Crippen molar-refractivity contribution in [2.24, 2.45) is 0 Å². The van der Waals surface area contributed by atoms with Gasteiger partial charge < -0.3 is 39.6 Å². The highest BCUT2D eigenvalue weighted by molar-refractivity contribution is 5.82. The molecule has 0 saturated carbocycles. The van der Waals surface area contributed by atoms with Crippen molar-refractivity contribution < 1.29 is 24.4 Å². The molecule has 1 aromatic carbocycles. The first-order chi connectivity index (χ1) is 18.0. The fraction of sp³-hybridized carbons (Fsp3) is 0.519. The van der Waals surface area contributed by atoms with Crippen LogP contribution in [0.4, 0.5) is 11.5 Å². The lowest BCUT2D eigenvalue weighted by molar-refractivity contribution is -0.00431. The summed E-state index contributed by atoms with van der Waals surface area (Å²) in [6.45, 7) is 9.42. The highest BCUT2D eigenvalue weighted by atomic mass is 16.5. The third-order valence-corrected chi connectivity index (χ3v) is 6.19. The second kappa shape index (κ2) is 13.6. The highest BCUT2D eigenvalue weighted by Gasteiger charge is 2.26. The molecule has 4 N–H and O–H groups in total. The minimum Gasteiger partial charge on any atom is -0.491 e. The number of aromatic nitrogens is 2. The number of aliphatic hydroxyl groups excluding tert-OH is 2. The molecule has 2 aromatic heterocycles. The van der Waals surface area contributed by atoms with Gasteiger partial charge in [0.2, 0.25) is 0 Å². The Kier molecular flexibility index (Phi) is 9.98. The van der Waals surface area contributed by atoms with Crippen molar-refractivity contribution in [1.82, 2.24) is 14.9 Å². The maximum atomic E-state index is 11.1. The summed E-state index contributed by atoms with van der Waals surface area (Å²) in [5, 5.41) is 24.2. The van der Waals surface area contributed by atoms with Crippen LogP contribution in [-0.2, 0) is 9.47 Å². The minimum absolute atomic E-state index is 0.0172. The van der Waals surface area contributed by atoms with Gasteiger partial charge >= 0.3 is 0 Å². The second-order valence-corrected chi connectivity index (χ2v) is 9.34. The van der Waals surface area contributed by atoms with E-state index in [1.807, 2.05) is 36.5 Å². The Bertz CT molecular complexity index is 1100. The predicted octanol–water partition coefficient (Wildman–Crippen LogP) is 2.60. The van der Waals surface area contributed by atoms with Gasteiger partial charge in [-0.05, 0) is 50.2 Å². The maximum Gasteiger partial charge on any atom is 0.152 e. The Morgan fingerprint density at radius 2 is 1.76 bits per heavy atom. The largest absolute Gasteiger partial charge is 0.491 e. The second-order valence-electron chi connectivity index (χ2n) is 9.34. The number of benzene rings is 1. The van der Waals surface area contributed by atoms with Gasteiger partial charge in [0.25, 0.3) is 0 Å². The summed E-state index contributed by atoms with van der Waals surface area (Å²) in [4.78, 5) is 12.3. The van der Waals surface area contributed by atoms with Crippen LogP contribution in [-0.4, -0.2) is 96.9 Å². The minimum atomic E-state index is -0.711. The summed E-state index contributed by atoms with van der Waals surface area (Å²) in [7, 11) is 0. The number of aromatic amines is 1. The Hall–Kier alpha value is -2.89. The van der Waals surface area contributed by atoms with E-state index in [0.717, 1.165) is 60.0 Å². The summed E-state index contributed by atoms with van der Waals surface area (Å²) in [6, 6.07) is 12.2. The fourth-order valence-corrected chi connectivity index (χ4v) is 4.41. The molecule has 3 heterocycles. The topological polar surface area (TPSA) is 115 Å². The standard InChI is InChI=1S/C27H39N5O5/c1-20(2)29-24-4-3-7-28-26(24)31-8-10-32(11-9-31)27(34)25-19-21-18-22(5-6-23(21)30-25)37-17-16-36-15-14-35-13-12-33/h3-7,18-20,27,29-30,33-34H,8-17H2,1-2H3. The number of aliphatic hydroxyl groups is 2. The van der Waals surface area contributed by atoms with E-state index < -0.39 is 6.23 Å². The molecule has 1 aliphatic rings. The van der Waals surface area contributed by atoms with E-state index >= 15 is 0 Å². The van der Waals surface area contributed by atoms with Crippen molar-refractivity contribution in [1.29, 1.82) is 0 Å². The lowest BCUT2D eigenvalue weighted by Gasteiger charge is -2.38. The number of fused-ring (bicyclic) bond motifs is 1. The van der Waals surface area contributed by atoms with Crippen LogP contribution >= 0.6 is 0 Å². The summed E-state index contributed by atoms with van der Waals surface area (Å²) in [6.07, 6.45) is 1.12. The molecule has 1 unspecified atom stereocenters. The van der Waals surface area contributed by atoms with E-state index in [1.54, 1.807) is 0 Å². The number of piperazine rings is 1. The average molecular weight is 514 g/mol. The third kappa shape index (κ3) is 7.56. The SMILES string of the molecule is CC(C)Nc1cccnc1N1CCN(C(O)c2cc3cc(OCCOCCOCCO)ccc3[nH]2)CC1. The number of hydrogen-bond acceptors (Lipinski definition) is 9. The molecule has 0 aliphatic carbocycles. The number of pyridine rings is 1. The zero-order valence-corrected chi connectivity index (χ0v) is 21.7. The molecule has 1 saturated heterocycles. The molecule has 1 aliphatic heterocycles. The Labute approximate surface area is 218 Å². The van der Waals surface area contributed by atoms with E-state index in [9.17, 15) is 5.11 Å². The van der Waals surface area contributed by atoms with E-state index in [4.69, 9.17) is 19.3 Å². The van der Waals surface area contributed by atoms with E-state index in [-0.39, 0.29) is 6.61 Å². The van der Waals surface area contributed by atoms with Gasteiger partial charge in [-0.2, -0.15) is 0 Å². The molecular weight excluding hydrogens is 474 g/mol. The Morgan fingerprint density at radius 1 is 1.00 bits per heavy atom. The molecule has 0 radical (unpaired) electrons. The zero-order chi connectivity index (χ0) is 26.0. The van der Waals surface area contributed by atoms with Gasteiger partial charge in [0.05, 0.1) is 44.4 Å². The van der Waals surface area contributed by atoms with Crippen molar-refractivity contribution >= 4 is 22.4 Å². The van der Waals surface area contributed by atoms with Crippen molar-refractivity contribution in [2.45, 2.75) is 26.1 Å². The number of H-pyrrole nitrogens is 1. The van der Waals surface area contributed by atoms with Gasteiger partial charge in [-0.15, -0.1) is 0 Å². The number of rotatable bonds is 14. The first-order valence-electron chi connectivity index (χ1n) is 13.0. The molecule has 1 fully saturated rings. The van der Waals surface area contributed by atoms with Crippen LogP contribution in [0.25, 0.3) is 10.9 Å². The first kappa shape index (κ1) is 27.2. The van der Waals surface area contributed by atoms with Crippen LogP contribution in [0, 0.1) is 0 Å². The monoisotopic (exact) mass is 513 g/mol. The Morgan fingerprint density at radius 3 is 2.51 bits per heavy atom. The number of nitrogens with zero attached hydrogens (tertiary/aromatic N) is 3. The Balaban J connectivity index is 1.28. The summed E-state index contributed by atoms with van der Waals surface area (Å²) in [5.41, 5.74) is 2.76. The number of nitrogens with one attached hydrogen (secondary N) is 2. The molecule has 4 rings (SSSR count). The molecule has 1 atom stereocenters. The van der Waals surface area contributed by atoms with Gasteiger partial charge in [0, 0.05) is 49.3 Å². The average Bonchev–Trinajstić information content (AvgIpc) is 3.33. The van der Waals surface area contributed by atoms with Crippen LogP contribution in [0.2, 0.25) is 0 Å². The van der Waals surface area contributed by atoms with E-state index in [0.29, 0.717) is 39.1 Å². The maximum absolute atomic E-state index is 11.1. The van der Waals surface area contributed by atoms with Crippen LogP contribution in [0.15, 0.2) is 42.6 Å². The molecule has 10 heteroatoms. The lowest BCUT2D eigenvalue weighted by atomic mass is 10.2. The lowest BCUT2D eigenvalue weighted by Crippen LogP contribution is -2.48. The number of anilines is 2. The highest BCUT2D eigenvalue weighted by Crippen LogP contribution is 2.29. The quantitative estimate of drug-likeness (QED) is 0.242. The van der Waals surface area contributed by atoms with Crippen molar-refractivity contribution in [2.75, 3.05) is 76.0 Å². The van der Waals surface area contributed by atoms with Crippen LogP contribution in [0.3, 0.4) is 0 Å². The zero-order valence-electron chi connectivity index (χ0n) is 21.7. The molecule has 0 spiro atoms. The van der Waals surface area contributed by atoms with Crippen LogP contribution < -0.4 is 15.0 Å². The van der Waals surface area contributed by atoms with Crippen LogP contribution in [0.1, 0.15) is 25.8 Å². The molecule has 3 aromatic rings. The smallest absolute Gasteiger partial charge is 0.152 e. The molecule has 10 nitrogen and oxygen atoms in total. The molecule has 0 amide bonds. The molecule has 0 bridgehead atoms. The van der Waals surface area contributed by atoms with Gasteiger partial charge in [0.15, 0.2) is 5.82 Å². The van der Waals surface area contributed by atoms with Crippen molar-refractivity contribution in [3.63, 3.8) is 0 Å². The predicted molar refractivity (Wildman–Crippen MR) is 144 cm³/mol. The molecular formula is C27H39N5O5. The first-order valence-corrected chi connectivity index (χ1v) is 13.0. The van der Waals surface area contributed by atoms with Crippen LogP contribution in [0.5, 0.6) is 5.75 Å². The summed E-state index contributed by atoms with van der Waals surface area (Å²) in [5.74, 6) is 1.71. The fourth-order valence-electron chi connectivity index (χ4n) is 4.41. The van der Waals surface area contributed by atoms with Gasteiger partial charge in [-0.1, -0.05) is 0 Å². The third-order valence-electron chi connectivity index (χ3n) is 6.19. The van der Waals surface area contributed by atoms with Crippen molar-refractivity contribution in [3.8, 4) is 5.75 Å². The number of ether oxygens (including phenoxy) is 3. The van der Waals surface area contributed by atoms with Gasteiger partial charge in [-0.3, -0.25) is 4.90 Å². The van der Waals surface area contributed by atoms with Gasteiger partial charge in [-0.25, -0.2) is 4.98 Å². The van der Waals surface area contributed by atoms with E-state index in [1.165, 1.54) is 0 Å². The van der Waals surface area contributed by atoms with Crippen molar-refractivity contribution in [3.05, 3.63) is 48.3 Å². The number of hydrogen-bond donors (Lipinski definition) is 4. The van der Waals surface area contributed by atoms with Gasteiger partial charge in [0.1, 0.15) is 18.6 Å². The normalized spacial score (nSPS) is 15.4. The summed E-state index contributed by atoms with van der Waals surface area (Å²) < 4.78 is 16.4. The molecule has 202 valence electrons. The molecule has 37 heavy (non-hydrogen) atoms. The summed E-state index contributed by atoms with van der Waals surface area (Å²) >= 11 is 0.